The van der Waals surface area contributed by atoms with Crippen LogP contribution < -0.4 is 10.6 Å². The van der Waals surface area contributed by atoms with Gasteiger partial charge in [0, 0.05) is 41.5 Å². The fourth-order valence-electron chi connectivity index (χ4n) is 3.30. The normalized spacial score (nSPS) is 13.2. The Labute approximate surface area is 174 Å². The largest absolute Gasteiger partial charge is 0.365 e. The molecule has 30 heavy (non-hydrogen) atoms. The second-order valence-corrected chi connectivity index (χ2v) is 7.45. The molecule has 2 aromatic carbocycles. The number of aromatic nitrogens is 3. The monoisotopic (exact) mass is 395 g/mol. The predicted octanol–water partition coefficient (Wildman–Crippen LogP) is 4.20. The summed E-state index contributed by atoms with van der Waals surface area (Å²) in [6, 6.07) is 19.8. The molecule has 6 nitrogen and oxygen atoms in total. The van der Waals surface area contributed by atoms with E-state index < -0.39 is 0 Å². The smallest absolute Gasteiger partial charge is 0.251 e. The number of benzene rings is 2. The van der Waals surface area contributed by atoms with E-state index in [9.17, 15) is 4.79 Å². The fraction of sp³-hybridized carbons (Fsp3) is 0.167. The van der Waals surface area contributed by atoms with Crippen LogP contribution in [0, 0.1) is 0 Å². The quantitative estimate of drug-likeness (QED) is 0.512. The second-order valence-electron chi connectivity index (χ2n) is 7.45. The van der Waals surface area contributed by atoms with Crippen molar-refractivity contribution in [3.63, 3.8) is 0 Å². The van der Waals surface area contributed by atoms with Crippen molar-refractivity contribution in [3.8, 4) is 11.4 Å². The molecule has 1 amide bonds. The third-order valence-corrected chi connectivity index (χ3v) is 5.13. The number of nitrogens with zero attached hydrogens (tertiary/aromatic N) is 3. The molecular weight excluding hydrogens is 374 g/mol. The van der Waals surface area contributed by atoms with Crippen molar-refractivity contribution in [1.82, 2.24) is 20.3 Å². The molecule has 4 aromatic rings. The van der Waals surface area contributed by atoms with Crippen LogP contribution in [0.25, 0.3) is 22.3 Å². The van der Waals surface area contributed by atoms with Crippen LogP contribution in [0.2, 0.25) is 0 Å². The minimum absolute atomic E-state index is 0.000737. The van der Waals surface area contributed by atoms with E-state index in [0.29, 0.717) is 24.0 Å². The first-order valence-electron chi connectivity index (χ1n) is 10.1. The fourth-order valence-corrected chi connectivity index (χ4v) is 3.30. The minimum atomic E-state index is 0.000737. The molecule has 0 bridgehead atoms. The first-order chi connectivity index (χ1) is 14.8. The third-order valence-electron chi connectivity index (χ3n) is 5.13. The van der Waals surface area contributed by atoms with Crippen LogP contribution >= 0.6 is 0 Å². The summed E-state index contributed by atoms with van der Waals surface area (Å²) >= 11 is 0. The summed E-state index contributed by atoms with van der Waals surface area (Å²) in [4.78, 5) is 25.7. The van der Waals surface area contributed by atoms with E-state index in [1.165, 1.54) is 0 Å². The maximum Gasteiger partial charge on any atom is 0.251 e. The van der Waals surface area contributed by atoms with Crippen LogP contribution in [0.15, 0.2) is 73.1 Å². The molecule has 1 saturated carbocycles. The number of nitrogens with one attached hydrogen (secondary N) is 2. The Balaban J connectivity index is 1.37. The first-order valence-corrected chi connectivity index (χ1v) is 10.1. The number of amides is 1. The molecule has 6 heteroatoms. The zero-order valence-corrected chi connectivity index (χ0v) is 16.4. The maximum atomic E-state index is 12.2. The predicted molar refractivity (Wildman–Crippen MR) is 117 cm³/mol. The highest BCUT2D eigenvalue weighted by Gasteiger charge is 2.23. The van der Waals surface area contributed by atoms with Gasteiger partial charge in [-0.1, -0.05) is 24.3 Å². The van der Waals surface area contributed by atoms with Crippen molar-refractivity contribution >= 4 is 22.6 Å². The molecule has 148 valence electrons. The van der Waals surface area contributed by atoms with Crippen LogP contribution in [0.1, 0.15) is 28.8 Å². The van der Waals surface area contributed by atoms with Gasteiger partial charge in [-0.3, -0.25) is 9.78 Å². The van der Waals surface area contributed by atoms with Gasteiger partial charge in [0.1, 0.15) is 5.82 Å². The topological polar surface area (TPSA) is 79.8 Å². The molecule has 5 rings (SSSR count). The summed E-state index contributed by atoms with van der Waals surface area (Å²) in [7, 11) is 0. The molecule has 2 heterocycles. The van der Waals surface area contributed by atoms with E-state index in [-0.39, 0.29) is 5.91 Å². The number of rotatable bonds is 6. The van der Waals surface area contributed by atoms with Crippen molar-refractivity contribution in [2.75, 3.05) is 5.32 Å². The average Bonchev–Trinajstić information content (AvgIpc) is 3.62. The Hall–Kier alpha value is -3.80. The number of anilines is 1. The second kappa shape index (κ2) is 7.91. The number of carbonyl (C=O) groups is 1. The number of hydrogen-bond acceptors (Lipinski definition) is 5. The lowest BCUT2D eigenvalue weighted by molar-refractivity contribution is 0.0951. The zero-order chi connectivity index (χ0) is 20.3. The average molecular weight is 395 g/mol. The van der Waals surface area contributed by atoms with Gasteiger partial charge >= 0.3 is 0 Å². The zero-order valence-electron chi connectivity index (χ0n) is 16.4. The summed E-state index contributed by atoms with van der Waals surface area (Å²) in [6.45, 7) is 0.599. The molecule has 2 aromatic heterocycles. The summed E-state index contributed by atoms with van der Waals surface area (Å²) in [5.41, 5.74) is 3.57. The Morgan fingerprint density at radius 3 is 2.47 bits per heavy atom. The lowest BCUT2D eigenvalue weighted by Crippen LogP contribution is -2.25. The molecule has 1 aliphatic rings. The van der Waals surface area contributed by atoms with Gasteiger partial charge in [-0.2, -0.15) is 0 Å². The van der Waals surface area contributed by atoms with E-state index in [1.54, 1.807) is 12.4 Å². The Morgan fingerprint density at radius 1 is 0.933 bits per heavy atom. The molecule has 0 saturated heterocycles. The van der Waals surface area contributed by atoms with Crippen LogP contribution in [-0.4, -0.2) is 26.9 Å². The molecule has 0 unspecified atom stereocenters. The lowest BCUT2D eigenvalue weighted by Gasteiger charge is -2.11. The van der Waals surface area contributed by atoms with Gasteiger partial charge in [-0.05, 0) is 54.8 Å². The highest BCUT2D eigenvalue weighted by atomic mass is 16.1. The van der Waals surface area contributed by atoms with Gasteiger partial charge < -0.3 is 10.6 Å². The summed E-state index contributed by atoms with van der Waals surface area (Å²) in [5.74, 6) is 1.44. The SMILES string of the molecule is O=C(NC1CC1)c1ccc(CNc2nc(-c3ccncc3)nc3ccccc23)cc1. The molecule has 0 atom stereocenters. The third kappa shape index (κ3) is 3.98. The van der Waals surface area contributed by atoms with Gasteiger partial charge in [0.25, 0.3) is 5.91 Å². The number of para-hydroxylation sites is 1. The summed E-state index contributed by atoms with van der Waals surface area (Å²) in [5, 5.41) is 7.42. The Morgan fingerprint density at radius 2 is 1.70 bits per heavy atom. The molecule has 0 spiro atoms. The van der Waals surface area contributed by atoms with Crippen molar-refractivity contribution in [2.24, 2.45) is 0 Å². The van der Waals surface area contributed by atoms with E-state index in [1.807, 2.05) is 60.7 Å². The van der Waals surface area contributed by atoms with Gasteiger partial charge in [0.15, 0.2) is 5.82 Å². The van der Waals surface area contributed by atoms with Crippen molar-refractivity contribution in [2.45, 2.75) is 25.4 Å². The van der Waals surface area contributed by atoms with Crippen molar-refractivity contribution < 1.29 is 4.79 Å². The van der Waals surface area contributed by atoms with Gasteiger partial charge in [-0.25, -0.2) is 9.97 Å². The van der Waals surface area contributed by atoms with E-state index in [4.69, 9.17) is 9.97 Å². The van der Waals surface area contributed by atoms with Crippen LogP contribution in [0.3, 0.4) is 0 Å². The maximum absolute atomic E-state index is 12.2. The van der Waals surface area contributed by atoms with Crippen LogP contribution in [-0.2, 0) is 6.54 Å². The first kappa shape index (κ1) is 18.2. The summed E-state index contributed by atoms with van der Waals surface area (Å²) < 4.78 is 0. The standard InChI is InChI=1S/C24H21N5O/c30-24(27-19-9-10-19)18-7-5-16(6-8-18)15-26-23-20-3-1-2-4-21(20)28-22(29-23)17-11-13-25-14-12-17/h1-8,11-14,19H,9-10,15H2,(H,27,30)(H,26,28,29). The Bertz CT molecular complexity index is 1190. The minimum Gasteiger partial charge on any atom is -0.365 e. The van der Waals surface area contributed by atoms with Gasteiger partial charge in [-0.15, -0.1) is 0 Å². The molecule has 0 aliphatic heterocycles. The van der Waals surface area contributed by atoms with Gasteiger partial charge in [0.2, 0.25) is 0 Å². The molecule has 2 N–H and O–H groups in total. The highest BCUT2D eigenvalue weighted by molar-refractivity contribution is 5.94. The number of pyridine rings is 1. The van der Waals surface area contributed by atoms with E-state index >= 15 is 0 Å². The van der Waals surface area contributed by atoms with Crippen LogP contribution in [0.4, 0.5) is 5.82 Å². The van der Waals surface area contributed by atoms with E-state index in [2.05, 4.69) is 15.6 Å². The number of carbonyl (C=O) groups excluding carboxylic acids is 1. The molecule has 0 radical (unpaired) electrons. The molecule has 1 fully saturated rings. The van der Waals surface area contributed by atoms with Crippen LogP contribution in [0.5, 0.6) is 0 Å². The molecular formula is C24H21N5O. The van der Waals surface area contributed by atoms with Crippen molar-refractivity contribution in [1.29, 1.82) is 0 Å². The summed E-state index contributed by atoms with van der Waals surface area (Å²) in [6.07, 6.45) is 5.65. The van der Waals surface area contributed by atoms with Gasteiger partial charge in [0.05, 0.1) is 5.52 Å². The van der Waals surface area contributed by atoms with E-state index in [0.717, 1.165) is 40.7 Å². The highest BCUT2D eigenvalue weighted by Crippen LogP contribution is 2.25. The number of hydrogen-bond donors (Lipinski definition) is 2. The lowest BCUT2D eigenvalue weighted by atomic mass is 10.1. The Kier molecular flexibility index (Phi) is 4.81. The molecule has 1 aliphatic carbocycles. The van der Waals surface area contributed by atoms with Crippen molar-refractivity contribution in [3.05, 3.63) is 84.2 Å². The number of fused-ring (bicyclic) bond motifs is 1.